The van der Waals surface area contributed by atoms with E-state index in [0.29, 0.717) is 5.56 Å². The number of hydrogen-bond donors (Lipinski definition) is 6. The number of carbonyl (C=O) groups is 4. The normalized spacial score (nSPS) is 11.3. The number of aromatic hydroxyl groups is 1. The van der Waals surface area contributed by atoms with Crippen LogP contribution in [0.2, 0.25) is 10.0 Å². The van der Waals surface area contributed by atoms with Crippen molar-refractivity contribution >= 4 is 52.7 Å². The molecule has 0 saturated heterocycles. The van der Waals surface area contributed by atoms with Crippen molar-refractivity contribution in [2.24, 2.45) is 0 Å². The van der Waals surface area contributed by atoms with Gasteiger partial charge in [-0.05, 0) is 30.7 Å². The lowest BCUT2D eigenvalue weighted by atomic mass is 10.1. The SMILES string of the molecule is Cc1cccc(CC(=O)Nc2ccc(Cl)c(C(=O)N[C@@H](CNC(=O)NCc3ccccc3O)C(=O)O)c2Cl)c1. The van der Waals surface area contributed by atoms with Crippen molar-refractivity contribution in [2.75, 3.05) is 11.9 Å². The number of para-hydroxylation sites is 1. The molecule has 0 aromatic heterocycles. The minimum atomic E-state index is -1.53. The van der Waals surface area contributed by atoms with Crippen LogP contribution in [0, 0.1) is 6.92 Å². The van der Waals surface area contributed by atoms with Crippen LogP contribution in [-0.4, -0.2) is 46.6 Å². The van der Waals surface area contributed by atoms with Crippen molar-refractivity contribution in [1.82, 2.24) is 16.0 Å². The first-order valence-electron chi connectivity index (χ1n) is 11.7. The fourth-order valence-electron chi connectivity index (χ4n) is 3.58. The zero-order valence-electron chi connectivity index (χ0n) is 20.8. The summed E-state index contributed by atoms with van der Waals surface area (Å²) in [5.41, 5.74) is 2.14. The van der Waals surface area contributed by atoms with Gasteiger partial charge in [0.05, 0.1) is 34.3 Å². The molecule has 1 atom stereocenters. The van der Waals surface area contributed by atoms with E-state index < -0.39 is 30.5 Å². The Hall–Kier alpha value is -4.28. The highest BCUT2D eigenvalue weighted by molar-refractivity contribution is 6.41. The molecule has 0 aliphatic carbocycles. The maximum Gasteiger partial charge on any atom is 0.328 e. The van der Waals surface area contributed by atoms with Gasteiger partial charge in [0.15, 0.2) is 0 Å². The standard InChI is InChI=1S/C27H26Cl2N4O6/c1-15-5-4-6-16(11-15)12-22(35)32-19-10-9-18(28)23(24(19)29)25(36)33-20(26(37)38)14-31-27(39)30-13-17-7-2-3-8-21(17)34/h2-11,20,34H,12-14H2,1H3,(H,32,35)(H,33,36)(H,37,38)(H2,30,31,39)/t20-/m0/s1. The quantitative estimate of drug-likeness (QED) is 0.216. The van der Waals surface area contributed by atoms with Crippen molar-refractivity contribution in [1.29, 1.82) is 0 Å². The second-order valence-corrected chi connectivity index (χ2v) is 9.34. The van der Waals surface area contributed by atoms with Crippen molar-refractivity contribution in [3.05, 3.63) is 93.0 Å². The number of carbonyl (C=O) groups excluding carboxylic acids is 3. The largest absolute Gasteiger partial charge is 0.508 e. The molecule has 3 aromatic carbocycles. The Bertz CT molecular complexity index is 1400. The number of hydrogen-bond acceptors (Lipinski definition) is 5. The van der Waals surface area contributed by atoms with Gasteiger partial charge in [-0.15, -0.1) is 0 Å². The van der Waals surface area contributed by atoms with Crippen molar-refractivity contribution in [3.63, 3.8) is 0 Å². The molecule has 3 aromatic rings. The van der Waals surface area contributed by atoms with Crippen LogP contribution >= 0.6 is 23.2 Å². The Kier molecular flexibility index (Phi) is 10.1. The van der Waals surface area contributed by atoms with E-state index in [4.69, 9.17) is 23.2 Å². The summed E-state index contributed by atoms with van der Waals surface area (Å²) in [4.78, 5) is 49.4. The first-order chi connectivity index (χ1) is 18.5. The van der Waals surface area contributed by atoms with Crippen LogP contribution in [0.4, 0.5) is 10.5 Å². The van der Waals surface area contributed by atoms with Crippen molar-refractivity contribution < 1.29 is 29.4 Å². The van der Waals surface area contributed by atoms with E-state index in [2.05, 4.69) is 21.3 Å². The minimum Gasteiger partial charge on any atom is -0.508 e. The topological polar surface area (TPSA) is 157 Å². The number of phenols is 1. The van der Waals surface area contributed by atoms with Crippen molar-refractivity contribution in [3.8, 4) is 5.75 Å². The molecule has 0 bridgehead atoms. The molecule has 0 aliphatic rings. The van der Waals surface area contributed by atoms with E-state index in [9.17, 15) is 29.4 Å². The van der Waals surface area contributed by atoms with Gasteiger partial charge in [-0.1, -0.05) is 71.2 Å². The molecule has 0 heterocycles. The van der Waals surface area contributed by atoms with Gasteiger partial charge in [-0.3, -0.25) is 9.59 Å². The van der Waals surface area contributed by atoms with E-state index in [1.807, 2.05) is 25.1 Å². The number of rotatable bonds is 10. The molecule has 0 radical (unpaired) electrons. The lowest BCUT2D eigenvalue weighted by Crippen LogP contribution is -2.50. The summed E-state index contributed by atoms with van der Waals surface area (Å²) in [6.07, 6.45) is 0.0703. The molecule has 0 aliphatic heterocycles. The zero-order chi connectivity index (χ0) is 28.5. The van der Waals surface area contributed by atoms with E-state index in [1.165, 1.54) is 18.2 Å². The van der Waals surface area contributed by atoms with Crippen LogP contribution in [0.3, 0.4) is 0 Å². The summed E-state index contributed by atoms with van der Waals surface area (Å²) in [7, 11) is 0. The Balaban J connectivity index is 1.63. The maximum atomic E-state index is 12.9. The average Bonchev–Trinajstić information content (AvgIpc) is 2.87. The van der Waals surface area contributed by atoms with Gasteiger partial charge in [-0.25, -0.2) is 9.59 Å². The van der Waals surface area contributed by atoms with Gasteiger partial charge in [0.25, 0.3) is 5.91 Å². The van der Waals surface area contributed by atoms with E-state index in [-0.39, 0.29) is 45.9 Å². The smallest absolute Gasteiger partial charge is 0.328 e. The molecule has 39 heavy (non-hydrogen) atoms. The number of halogens is 2. The average molecular weight is 573 g/mol. The summed E-state index contributed by atoms with van der Waals surface area (Å²) in [5.74, 6) is -2.71. The molecule has 204 valence electrons. The lowest BCUT2D eigenvalue weighted by Gasteiger charge is -2.18. The maximum absolute atomic E-state index is 12.9. The predicted octanol–water partition coefficient (Wildman–Crippen LogP) is 3.87. The molecule has 0 saturated carbocycles. The van der Waals surface area contributed by atoms with Crippen LogP contribution in [-0.2, 0) is 22.6 Å². The fraction of sp³-hybridized carbons (Fsp3) is 0.185. The second-order valence-electron chi connectivity index (χ2n) is 8.55. The van der Waals surface area contributed by atoms with Crippen LogP contribution in [0.15, 0.2) is 60.7 Å². The number of benzene rings is 3. The third-order valence-electron chi connectivity index (χ3n) is 5.54. The Morgan fingerprint density at radius 3 is 2.38 bits per heavy atom. The van der Waals surface area contributed by atoms with Crippen LogP contribution in [0.5, 0.6) is 5.75 Å². The van der Waals surface area contributed by atoms with Crippen molar-refractivity contribution in [2.45, 2.75) is 25.9 Å². The third kappa shape index (κ3) is 8.36. The molecular formula is C27H26Cl2N4O6. The minimum absolute atomic E-state index is 0.00376. The van der Waals surface area contributed by atoms with E-state index >= 15 is 0 Å². The summed E-state index contributed by atoms with van der Waals surface area (Å²) in [6.45, 7) is 1.44. The molecule has 0 spiro atoms. The molecule has 0 unspecified atom stereocenters. The highest BCUT2D eigenvalue weighted by Gasteiger charge is 2.25. The molecule has 10 nitrogen and oxygen atoms in total. The highest BCUT2D eigenvalue weighted by atomic mass is 35.5. The van der Waals surface area contributed by atoms with Gasteiger partial charge in [0.2, 0.25) is 5.91 Å². The molecule has 3 rings (SSSR count). The molecule has 6 N–H and O–H groups in total. The molecular weight excluding hydrogens is 547 g/mol. The van der Waals surface area contributed by atoms with Gasteiger partial charge < -0.3 is 31.5 Å². The first-order valence-corrected chi connectivity index (χ1v) is 12.5. The first kappa shape index (κ1) is 29.3. The van der Waals surface area contributed by atoms with Gasteiger partial charge in [0.1, 0.15) is 11.8 Å². The number of phenolic OH excluding ortho intramolecular Hbond substituents is 1. The van der Waals surface area contributed by atoms with E-state index in [0.717, 1.165) is 11.1 Å². The summed E-state index contributed by atoms with van der Waals surface area (Å²) in [5, 5.41) is 28.8. The molecule has 12 heteroatoms. The molecule has 0 fully saturated rings. The molecule has 4 amide bonds. The van der Waals surface area contributed by atoms with Crippen LogP contribution in [0.1, 0.15) is 27.0 Å². The number of anilines is 1. The van der Waals surface area contributed by atoms with Gasteiger partial charge in [0, 0.05) is 12.1 Å². The summed E-state index contributed by atoms with van der Waals surface area (Å²) < 4.78 is 0. The number of nitrogens with one attached hydrogen (secondary N) is 4. The van der Waals surface area contributed by atoms with Crippen LogP contribution < -0.4 is 21.3 Å². The number of carboxylic acid groups (broad SMARTS) is 1. The van der Waals surface area contributed by atoms with Gasteiger partial charge in [-0.2, -0.15) is 0 Å². The Morgan fingerprint density at radius 2 is 1.69 bits per heavy atom. The number of amides is 4. The fourth-order valence-corrected chi connectivity index (χ4v) is 4.17. The Morgan fingerprint density at radius 1 is 0.949 bits per heavy atom. The monoisotopic (exact) mass is 572 g/mol. The predicted molar refractivity (Wildman–Crippen MR) is 147 cm³/mol. The zero-order valence-corrected chi connectivity index (χ0v) is 22.3. The Labute approximate surface area is 234 Å². The third-order valence-corrected chi connectivity index (χ3v) is 6.25. The second kappa shape index (κ2) is 13.5. The number of aliphatic carboxylic acids is 1. The van der Waals surface area contributed by atoms with Gasteiger partial charge >= 0.3 is 12.0 Å². The lowest BCUT2D eigenvalue weighted by molar-refractivity contribution is -0.139. The van der Waals surface area contributed by atoms with E-state index in [1.54, 1.807) is 24.3 Å². The summed E-state index contributed by atoms with van der Waals surface area (Å²) in [6, 6.07) is 14.4. The number of aryl methyl sites for hydroxylation is 1. The summed E-state index contributed by atoms with van der Waals surface area (Å²) >= 11 is 12.6. The number of carboxylic acids is 1. The number of urea groups is 1. The highest BCUT2D eigenvalue weighted by Crippen LogP contribution is 2.32. The van der Waals surface area contributed by atoms with Crippen LogP contribution in [0.25, 0.3) is 0 Å².